The van der Waals surface area contributed by atoms with Gasteiger partial charge in [0.1, 0.15) is 0 Å². The van der Waals surface area contributed by atoms with Crippen molar-refractivity contribution in [2.24, 2.45) is 0 Å². The molecule has 3 heteroatoms. The standard InChI is InChI=1S/C21H22N2O/c1-23(2)20(17-9-4-3-5-10-17)15-22-21(24)19-13-12-16-8-6-7-11-18(16)14-19/h3-14,20H,15H2,1-2H3,(H,22,24)/t20-/m1/s1. The SMILES string of the molecule is CN(C)[C@H](CNC(=O)c1ccc2ccccc2c1)c1ccccc1. The maximum absolute atomic E-state index is 12.5. The van der Waals surface area contributed by atoms with Crippen molar-refractivity contribution >= 4 is 16.7 Å². The summed E-state index contributed by atoms with van der Waals surface area (Å²) in [5.74, 6) is -0.0384. The third kappa shape index (κ3) is 3.63. The van der Waals surface area contributed by atoms with Crippen LogP contribution >= 0.6 is 0 Å². The minimum Gasteiger partial charge on any atom is -0.350 e. The number of likely N-dealkylation sites (N-methyl/N-ethyl adjacent to an activating group) is 1. The summed E-state index contributed by atoms with van der Waals surface area (Å²) in [6, 6.07) is 24.3. The van der Waals surface area contributed by atoms with Crippen LogP contribution in [0.5, 0.6) is 0 Å². The van der Waals surface area contributed by atoms with E-state index in [1.165, 1.54) is 5.56 Å². The summed E-state index contributed by atoms with van der Waals surface area (Å²) < 4.78 is 0. The van der Waals surface area contributed by atoms with Gasteiger partial charge in [-0.15, -0.1) is 0 Å². The van der Waals surface area contributed by atoms with Gasteiger partial charge in [-0.25, -0.2) is 0 Å². The van der Waals surface area contributed by atoms with E-state index >= 15 is 0 Å². The lowest BCUT2D eigenvalue weighted by Crippen LogP contribution is -2.34. The molecule has 0 radical (unpaired) electrons. The molecule has 0 spiro atoms. The fourth-order valence-electron chi connectivity index (χ4n) is 2.90. The second kappa shape index (κ2) is 7.28. The van der Waals surface area contributed by atoms with Gasteiger partial charge >= 0.3 is 0 Å². The predicted octanol–water partition coefficient (Wildman–Crippen LogP) is 3.87. The number of amides is 1. The molecular weight excluding hydrogens is 296 g/mol. The molecule has 24 heavy (non-hydrogen) atoms. The highest BCUT2D eigenvalue weighted by Crippen LogP contribution is 2.18. The highest BCUT2D eigenvalue weighted by molar-refractivity contribution is 5.98. The van der Waals surface area contributed by atoms with Crippen LogP contribution in [0, 0.1) is 0 Å². The van der Waals surface area contributed by atoms with Gasteiger partial charge in [0.05, 0.1) is 6.04 Å². The van der Waals surface area contributed by atoms with E-state index in [9.17, 15) is 4.79 Å². The Morgan fingerprint density at radius 1 is 0.917 bits per heavy atom. The predicted molar refractivity (Wildman–Crippen MR) is 99.2 cm³/mol. The van der Waals surface area contributed by atoms with E-state index in [4.69, 9.17) is 0 Å². The number of nitrogens with one attached hydrogen (secondary N) is 1. The first-order valence-electron chi connectivity index (χ1n) is 8.13. The van der Waals surface area contributed by atoms with Crippen LogP contribution in [-0.2, 0) is 0 Å². The fourth-order valence-corrected chi connectivity index (χ4v) is 2.90. The van der Waals surface area contributed by atoms with Crippen LogP contribution in [-0.4, -0.2) is 31.4 Å². The molecule has 0 fully saturated rings. The third-order valence-corrected chi connectivity index (χ3v) is 4.28. The van der Waals surface area contributed by atoms with Crippen molar-refractivity contribution in [3.63, 3.8) is 0 Å². The molecule has 3 rings (SSSR count). The Hall–Kier alpha value is -2.65. The van der Waals surface area contributed by atoms with Gasteiger partial charge in [0.2, 0.25) is 0 Å². The Labute approximate surface area is 142 Å². The van der Waals surface area contributed by atoms with Crippen molar-refractivity contribution in [2.75, 3.05) is 20.6 Å². The zero-order chi connectivity index (χ0) is 16.9. The minimum absolute atomic E-state index is 0.0384. The summed E-state index contributed by atoms with van der Waals surface area (Å²) >= 11 is 0. The van der Waals surface area contributed by atoms with Crippen molar-refractivity contribution in [2.45, 2.75) is 6.04 Å². The Balaban J connectivity index is 1.73. The van der Waals surface area contributed by atoms with Crippen molar-refractivity contribution in [3.05, 3.63) is 83.9 Å². The van der Waals surface area contributed by atoms with Gasteiger partial charge in [0.25, 0.3) is 5.91 Å². The second-order valence-electron chi connectivity index (χ2n) is 6.16. The number of hydrogen-bond donors (Lipinski definition) is 1. The first kappa shape index (κ1) is 16.2. The summed E-state index contributed by atoms with van der Waals surface area (Å²) in [5.41, 5.74) is 1.89. The van der Waals surface area contributed by atoms with E-state index < -0.39 is 0 Å². The van der Waals surface area contributed by atoms with E-state index in [0.717, 1.165) is 10.8 Å². The minimum atomic E-state index is -0.0384. The lowest BCUT2D eigenvalue weighted by atomic mass is 10.0. The second-order valence-corrected chi connectivity index (χ2v) is 6.16. The maximum Gasteiger partial charge on any atom is 0.251 e. The lowest BCUT2D eigenvalue weighted by molar-refractivity contribution is 0.0942. The fraction of sp³-hybridized carbons (Fsp3) is 0.190. The van der Waals surface area contributed by atoms with Gasteiger partial charge in [-0.2, -0.15) is 0 Å². The smallest absolute Gasteiger partial charge is 0.251 e. The zero-order valence-electron chi connectivity index (χ0n) is 14.1. The molecule has 0 aliphatic rings. The highest BCUT2D eigenvalue weighted by atomic mass is 16.1. The Morgan fingerprint density at radius 3 is 2.29 bits per heavy atom. The third-order valence-electron chi connectivity index (χ3n) is 4.28. The van der Waals surface area contributed by atoms with Crippen molar-refractivity contribution in [1.29, 1.82) is 0 Å². The number of hydrogen-bond acceptors (Lipinski definition) is 2. The highest BCUT2D eigenvalue weighted by Gasteiger charge is 2.15. The van der Waals surface area contributed by atoms with Gasteiger partial charge in [-0.1, -0.05) is 60.7 Å². The topological polar surface area (TPSA) is 32.3 Å². The molecule has 0 aromatic heterocycles. The molecule has 1 atom stereocenters. The van der Waals surface area contributed by atoms with Gasteiger partial charge < -0.3 is 10.2 Å². The van der Waals surface area contributed by atoms with Gasteiger partial charge in [0, 0.05) is 12.1 Å². The van der Waals surface area contributed by atoms with Crippen LogP contribution in [0.1, 0.15) is 22.0 Å². The average Bonchev–Trinajstić information content (AvgIpc) is 2.62. The van der Waals surface area contributed by atoms with Crippen LogP contribution in [0.4, 0.5) is 0 Å². The number of rotatable bonds is 5. The van der Waals surface area contributed by atoms with Crippen LogP contribution in [0.25, 0.3) is 10.8 Å². The summed E-state index contributed by atoms with van der Waals surface area (Å²) in [4.78, 5) is 14.6. The van der Waals surface area contributed by atoms with Gasteiger partial charge in [-0.3, -0.25) is 4.79 Å². The molecule has 0 saturated carbocycles. The molecule has 0 aliphatic carbocycles. The molecule has 3 aromatic carbocycles. The monoisotopic (exact) mass is 318 g/mol. The van der Waals surface area contributed by atoms with Gasteiger partial charge in [-0.05, 0) is 42.6 Å². The van der Waals surface area contributed by atoms with Crippen molar-refractivity contribution in [1.82, 2.24) is 10.2 Å². The first-order valence-corrected chi connectivity index (χ1v) is 8.13. The molecule has 0 unspecified atom stereocenters. The molecule has 122 valence electrons. The molecule has 0 aliphatic heterocycles. The lowest BCUT2D eigenvalue weighted by Gasteiger charge is -2.25. The van der Waals surface area contributed by atoms with Crippen molar-refractivity contribution in [3.8, 4) is 0 Å². The molecule has 0 saturated heterocycles. The number of carbonyl (C=O) groups is 1. The number of carbonyl (C=O) groups excluding carboxylic acids is 1. The van der Waals surface area contributed by atoms with Crippen molar-refractivity contribution < 1.29 is 4.79 Å². The summed E-state index contributed by atoms with van der Waals surface area (Å²) in [6.45, 7) is 0.572. The molecule has 3 aromatic rings. The Morgan fingerprint density at radius 2 is 1.58 bits per heavy atom. The van der Waals surface area contributed by atoms with Crippen LogP contribution in [0.3, 0.4) is 0 Å². The number of fused-ring (bicyclic) bond motifs is 1. The molecule has 1 N–H and O–H groups in total. The maximum atomic E-state index is 12.5. The summed E-state index contributed by atoms with van der Waals surface area (Å²) in [6.07, 6.45) is 0. The molecule has 0 bridgehead atoms. The molecule has 0 heterocycles. The molecular formula is C21H22N2O. The Kier molecular flexibility index (Phi) is 4.92. The summed E-state index contributed by atoms with van der Waals surface area (Å²) in [7, 11) is 4.06. The quantitative estimate of drug-likeness (QED) is 0.774. The van der Waals surface area contributed by atoms with E-state index in [2.05, 4.69) is 28.4 Å². The zero-order valence-corrected chi connectivity index (χ0v) is 14.1. The van der Waals surface area contributed by atoms with Gasteiger partial charge in [0.15, 0.2) is 0 Å². The average molecular weight is 318 g/mol. The Bertz CT molecular complexity index is 827. The van der Waals surface area contributed by atoms with E-state index in [0.29, 0.717) is 12.1 Å². The van der Waals surface area contributed by atoms with E-state index in [-0.39, 0.29) is 11.9 Å². The number of nitrogens with zero attached hydrogens (tertiary/aromatic N) is 1. The molecule has 3 nitrogen and oxygen atoms in total. The van der Waals surface area contributed by atoms with Crippen LogP contribution in [0.2, 0.25) is 0 Å². The summed E-state index contributed by atoms with van der Waals surface area (Å²) in [5, 5.41) is 5.29. The van der Waals surface area contributed by atoms with E-state index in [1.807, 2.05) is 68.7 Å². The van der Waals surface area contributed by atoms with Crippen LogP contribution < -0.4 is 5.32 Å². The first-order chi connectivity index (χ1) is 11.6. The number of benzene rings is 3. The van der Waals surface area contributed by atoms with Crippen LogP contribution in [0.15, 0.2) is 72.8 Å². The normalized spacial score (nSPS) is 12.3. The largest absolute Gasteiger partial charge is 0.350 e. The van der Waals surface area contributed by atoms with E-state index in [1.54, 1.807) is 0 Å². The molecule has 1 amide bonds.